The fraction of sp³-hybridized carbons (Fsp3) is 0.538. The quantitative estimate of drug-likeness (QED) is 0.474. The molecule has 0 heterocycles. The van der Waals surface area contributed by atoms with Gasteiger partial charge in [-0.15, -0.1) is 0 Å². The van der Waals surface area contributed by atoms with E-state index in [4.69, 9.17) is 21.1 Å². The highest BCUT2D eigenvalue weighted by atomic mass is 32.4. The number of benzene rings is 2. The first-order valence-electron chi connectivity index (χ1n) is 10.8. The summed E-state index contributed by atoms with van der Waals surface area (Å²) in [6, 6.07) is 12.6. The Bertz CT molecular complexity index is 926. The Kier molecular flexibility index (Phi) is 7.43. The van der Waals surface area contributed by atoms with Crippen LogP contribution < -0.4 is 15.1 Å². The third-order valence-electron chi connectivity index (χ3n) is 5.55. The van der Waals surface area contributed by atoms with Crippen LogP contribution in [0.3, 0.4) is 0 Å². The number of rotatable bonds is 5. The molecule has 0 bridgehead atoms. The fourth-order valence-electron chi connectivity index (χ4n) is 3.52. The minimum atomic E-state index is -2.53. The van der Waals surface area contributed by atoms with E-state index in [1.54, 1.807) is 14.2 Å². The van der Waals surface area contributed by atoms with Crippen LogP contribution >= 0.6 is 6.42 Å². The van der Waals surface area contributed by atoms with Crippen molar-refractivity contribution in [3.8, 4) is 5.75 Å². The largest absolute Gasteiger partial charge is 0.497 e. The molecule has 0 saturated carbocycles. The molecule has 1 N–H and O–H groups in total. The summed E-state index contributed by atoms with van der Waals surface area (Å²) < 4.78 is 11.3. The van der Waals surface area contributed by atoms with E-state index in [1.165, 1.54) is 16.7 Å². The van der Waals surface area contributed by atoms with Gasteiger partial charge in [0, 0.05) is 18.1 Å². The van der Waals surface area contributed by atoms with E-state index in [1.807, 2.05) is 24.3 Å². The van der Waals surface area contributed by atoms with Gasteiger partial charge in [0.15, 0.2) is 6.42 Å². The van der Waals surface area contributed by atoms with Crippen molar-refractivity contribution < 1.29 is 9.26 Å². The minimum Gasteiger partial charge on any atom is -0.497 e. The summed E-state index contributed by atoms with van der Waals surface area (Å²) in [5.74, 6) is 0.807. The second-order valence-electron chi connectivity index (χ2n) is 11.2. The Hall–Kier alpha value is -1.35. The zero-order valence-electron chi connectivity index (χ0n) is 21.1. The molecule has 3 nitrogen and oxygen atoms in total. The zero-order valence-corrected chi connectivity index (χ0v) is 22.8. The number of hydrogen-bond donors (Lipinski definition) is 1. The number of methoxy groups -OCH3 is 1. The molecule has 0 saturated heterocycles. The second kappa shape index (κ2) is 8.89. The average molecular weight is 462 g/mol. The van der Waals surface area contributed by atoms with Crippen LogP contribution in [0.1, 0.15) is 79.0 Å². The van der Waals surface area contributed by atoms with Crippen LogP contribution in [0.15, 0.2) is 36.4 Å². The van der Waals surface area contributed by atoms with E-state index in [9.17, 15) is 0 Å². The SMILES string of the molecule is COc1ccc(P(=S)(Nc2c(C(C)(C)C)cc(C(C)(C)C)cc2C(C)(C)C)OC)cc1. The maximum absolute atomic E-state index is 6.14. The Labute approximate surface area is 195 Å². The number of hydrogen-bond acceptors (Lipinski definition) is 3. The number of ether oxygens (including phenoxy) is 1. The first-order chi connectivity index (χ1) is 14.0. The van der Waals surface area contributed by atoms with E-state index < -0.39 is 6.42 Å². The molecule has 1 atom stereocenters. The maximum atomic E-state index is 6.14. The van der Waals surface area contributed by atoms with Crippen LogP contribution in [0.5, 0.6) is 5.75 Å². The van der Waals surface area contributed by atoms with Gasteiger partial charge in [0.25, 0.3) is 0 Å². The molecule has 0 spiro atoms. The summed E-state index contributed by atoms with van der Waals surface area (Å²) in [5.41, 5.74) is 4.91. The lowest BCUT2D eigenvalue weighted by molar-refractivity contribution is 0.415. The van der Waals surface area contributed by atoms with Gasteiger partial charge in [0.1, 0.15) is 5.75 Å². The summed E-state index contributed by atoms with van der Waals surface area (Å²) in [4.78, 5) is 0. The Morgan fingerprint density at radius 1 is 0.742 bits per heavy atom. The third-order valence-corrected chi connectivity index (χ3v) is 8.91. The number of nitrogens with one attached hydrogen (secondary N) is 1. The molecular weight excluding hydrogens is 421 g/mol. The molecule has 0 aliphatic carbocycles. The Morgan fingerprint density at radius 2 is 1.19 bits per heavy atom. The van der Waals surface area contributed by atoms with E-state index >= 15 is 0 Å². The first kappa shape index (κ1) is 25.9. The molecule has 1 unspecified atom stereocenters. The molecular formula is C26H40NO2PS. The molecule has 0 aliphatic rings. The highest BCUT2D eigenvalue weighted by molar-refractivity contribution is 8.16. The zero-order chi connectivity index (χ0) is 23.8. The lowest BCUT2D eigenvalue weighted by Crippen LogP contribution is -2.25. The van der Waals surface area contributed by atoms with Gasteiger partial charge in [-0.25, -0.2) is 0 Å². The molecule has 0 aromatic heterocycles. The van der Waals surface area contributed by atoms with Gasteiger partial charge in [-0.1, -0.05) is 74.4 Å². The monoisotopic (exact) mass is 461 g/mol. The van der Waals surface area contributed by atoms with Crippen LogP contribution in [0, 0.1) is 0 Å². The standard InChI is InChI=1S/C26H40NO2PS/c1-24(2,3)18-16-21(25(4,5)6)23(22(17-18)26(7,8)9)27-30(31,29-11)20-14-12-19(28-10)13-15-20/h12-17H,1-11H3,(H,27,31). The van der Waals surface area contributed by atoms with Gasteiger partial charge in [-0.05, 0) is 69.0 Å². The van der Waals surface area contributed by atoms with Crippen molar-refractivity contribution in [2.45, 2.75) is 78.6 Å². The molecule has 5 heteroatoms. The van der Waals surface area contributed by atoms with Gasteiger partial charge in [-0.2, -0.15) is 0 Å². The van der Waals surface area contributed by atoms with E-state index in [0.29, 0.717) is 0 Å². The summed E-state index contributed by atoms with van der Waals surface area (Å²) in [6.07, 6.45) is -2.53. The van der Waals surface area contributed by atoms with Crippen LogP contribution in [-0.2, 0) is 32.6 Å². The smallest absolute Gasteiger partial charge is 0.183 e. The normalized spacial score (nSPS) is 14.8. The molecule has 2 aromatic rings. The number of anilines is 1. The topological polar surface area (TPSA) is 30.5 Å². The average Bonchev–Trinajstić information content (AvgIpc) is 2.65. The summed E-state index contributed by atoms with van der Waals surface area (Å²) in [5, 5.41) is 4.73. The third kappa shape index (κ3) is 5.92. The van der Waals surface area contributed by atoms with Crippen molar-refractivity contribution in [1.29, 1.82) is 0 Å². The Balaban J connectivity index is 2.79. The molecule has 0 fully saturated rings. The van der Waals surface area contributed by atoms with Crippen LogP contribution in [0.2, 0.25) is 0 Å². The van der Waals surface area contributed by atoms with Gasteiger partial charge in [0.2, 0.25) is 0 Å². The van der Waals surface area contributed by atoms with Gasteiger partial charge in [0.05, 0.1) is 7.11 Å². The molecule has 172 valence electrons. The van der Waals surface area contributed by atoms with E-state index in [-0.39, 0.29) is 16.2 Å². The van der Waals surface area contributed by atoms with Crippen LogP contribution in [0.4, 0.5) is 5.69 Å². The van der Waals surface area contributed by atoms with Gasteiger partial charge >= 0.3 is 0 Å². The van der Waals surface area contributed by atoms with Crippen molar-refractivity contribution in [2.24, 2.45) is 0 Å². The summed E-state index contributed by atoms with van der Waals surface area (Å²) in [6.45, 7) is 20.4. The van der Waals surface area contributed by atoms with Gasteiger partial charge < -0.3 is 14.3 Å². The molecule has 31 heavy (non-hydrogen) atoms. The van der Waals surface area contributed by atoms with Crippen molar-refractivity contribution >= 4 is 29.2 Å². The van der Waals surface area contributed by atoms with Crippen molar-refractivity contribution in [3.63, 3.8) is 0 Å². The van der Waals surface area contributed by atoms with Crippen LogP contribution in [0.25, 0.3) is 0 Å². The predicted octanol–water partition coefficient (Wildman–Crippen LogP) is 7.28. The molecule has 2 rings (SSSR count). The molecule has 0 radical (unpaired) electrons. The minimum absolute atomic E-state index is 0.0516. The summed E-state index contributed by atoms with van der Waals surface area (Å²) >= 11 is 6.14. The summed E-state index contributed by atoms with van der Waals surface area (Å²) in [7, 11) is 3.37. The van der Waals surface area contributed by atoms with Crippen molar-refractivity contribution in [2.75, 3.05) is 19.3 Å². The Morgan fingerprint density at radius 3 is 1.52 bits per heavy atom. The second-order valence-corrected chi connectivity index (χ2v) is 15.0. The fourth-order valence-corrected chi connectivity index (χ4v) is 5.67. The maximum Gasteiger partial charge on any atom is 0.183 e. The highest BCUT2D eigenvalue weighted by Gasteiger charge is 2.32. The van der Waals surface area contributed by atoms with E-state index in [0.717, 1.165) is 16.7 Å². The van der Waals surface area contributed by atoms with Crippen molar-refractivity contribution in [1.82, 2.24) is 0 Å². The van der Waals surface area contributed by atoms with Gasteiger partial charge in [-0.3, -0.25) is 0 Å². The van der Waals surface area contributed by atoms with Crippen molar-refractivity contribution in [3.05, 3.63) is 53.1 Å². The van der Waals surface area contributed by atoms with Crippen LogP contribution in [-0.4, -0.2) is 14.2 Å². The molecule has 2 aromatic carbocycles. The first-order valence-corrected chi connectivity index (χ1v) is 13.5. The predicted molar refractivity (Wildman–Crippen MR) is 140 cm³/mol. The molecule has 0 aliphatic heterocycles. The highest BCUT2D eigenvalue weighted by Crippen LogP contribution is 2.51. The molecule has 0 amide bonds. The lowest BCUT2D eigenvalue weighted by Gasteiger charge is -2.36. The lowest BCUT2D eigenvalue weighted by atomic mass is 9.74. The van der Waals surface area contributed by atoms with E-state index in [2.05, 4.69) is 79.5 Å².